The number of carbonyl (C=O) groups is 1. The summed E-state index contributed by atoms with van der Waals surface area (Å²) in [6.45, 7) is 1.16. The molecule has 1 aliphatic rings. The van der Waals surface area contributed by atoms with Gasteiger partial charge in [0.1, 0.15) is 17.3 Å². The van der Waals surface area contributed by atoms with Crippen molar-refractivity contribution in [2.24, 2.45) is 0 Å². The number of likely N-dealkylation sites (tertiary alicyclic amines) is 1. The van der Waals surface area contributed by atoms with Gasteiger partial charge < -0.3 is 14.4 Å². The Morgan fingerprint density at radius 1 is 1.07 bits per heavy atom. The van der Waals surface area contributed by atoms with E-state index in [-0.39, 0.29) is 17.5 Å². The molecule has 1 aromatic heterocycles. The zero-order valence-electron chi connectivity index (χ0n) is 17.0. The Hall–Kier alpha value is -3.55. The van der Waals surface area contributed by atoms with Crippen LogP contribution in [0.5, 0.6) is 11.5 Å². The minimum Gasteiger partial charge on any atom is -0.497 e. The number of methoxy groups -OCH3 is 2. The van der Waals surface area contributed by atoms with Crippen molar-refractivity contribution in [1.82, 2.24) is 19.7 Å². The summed E-state index contributed by atoms with van der Waals surface area (Å²) in [7, 11) is 3.11. The minimum absolute atomic E-state index is 0.0737. The first-order valence-corrected chi connectivity index (χ1v) is 9.86. The van der Waals surface area contributed by atoms with Gasteiger partial charge in [-0.05, 0) is 37.1 Å². The number of carbonyl (C=O) groups excluding carboxylic acids is 1. The number of amides is 1. The van der Waals surface area contributed by atoms with Crippen LogP contribution in [0.4, 0.5) is 0 Å². The topological polar surface area (TPSA) is 89.5 Å². The predicted octanol–water partition coefficient (Wildman–Crippen LogP) is 2.60. The number of ether oxygens (including phenoxy) is 2. The highest BCUT2D eigenvalue weighted by Crippen LogP contribution is 2.30. The second kappa shape index (κ2) is 8.44. The van der Waals surface area contributed by atoms with Gasteiger partial charge in [0.05, 0.1) is 25.5 Å². The standard InChI is InChI=1S/C22H24N4O4/c1-29-17-8-9-18(19(14-17)30-2)21(27)25-12-10-15(11-13-25)20-23-24-22(28)26(20)16-6-4-3-5-7-16/h3-9,14-15H,10-13H2,1-2H3,(H,24,28). The number of nitrogens with one attached hydrogen (secondary N) is 1. The Bertz CT molecular complexity index is 1080. The Kier molecular flexibility index (Phi) is 5.56. The number of rotatable bonds is 5. The molecular formula is C22H24N4O4. The van der Waals surface area contributed by atoms with E-state index in [4.69, 9.17) is 9.47 Å². The Labute approximate surface area is 174 Å². The van der Waals surface area contributed by atoms with Gasteiger partial charge >= 0.3 is 5.69 Å². The molecule has 0 atom stereocenters. The van der Waals surface area contributed by atoms with E-state index < -0.39 is 0 Å². The van der Waals surface area contributed by atoms with Crippen LogP contribution < -0.4 is 15.2 Å². The zero-order valence-corrected chi connectivity index (χ0v) is 17.0. The number of hydrogen-bond acceptors (Lipinski definition) is 5. The van der Waals surface area contributed by atoms with Gasteiger partial charge in [-0.2, -0.15) is 5.10 Å². The van der Waals surface area contributed by atoms with Crippen molar-refractivity contribution in [3.05, 3.63) is 70.4 Å². The highest BCUT2D eigenvalue weighted by molar-refractivity contribution is 5.97. The molecule has 0 spiro atoms. The maximum atomic E-state index is 13.0. The predicted molar refractivity (Wildman–Crippen MR) is 112 cm³/mol. The molecule has 0 saturated carbocycles. The number of nitrogens with zero attached hydrogens (tertiary/aromatic N) is 3. The molecule has 1 N–H and O–H groups in total. The van der Waals surface area contributed by atoms with Gasteiger partial charge in [0, 0.05) is 25.1 Å². The van der Waals surface area contributed by atoms with Crippen LogP contribution in [0, 0.1) is 0 Å². The SMILES string of the molecule is COc1ccc(C(=O)N2CCC(c3n[nH]c(=O)n3-c3ccccc3)CC2)c(OC)c1. The van der Waals surface area contributed by atoms with Gasteiger partial charge in [0.15, 0.2) is 0 Å². The van der Waals surface area contributed by atoms with Crippen molar-refractivity contribution in [3.63, 3.8) is 0 Å². The summed E-state index contributed by atoms with van der Waals surface area (Å²) in [5.41, 5.74) is 1.04. The molecule has 8 nitrogen and oxygen atoms in total. The van der Waals surface area contributed by atoms with Crippen molar-refractivity contribution >= 4 is 5.91 Å². The van der Waals surface area contributed by atoms with Crippen molar-refractivity contribution in [3.8, 4) is 17.2 Å². The summed E-state index contributed by atoms with van der Waals surface area (Å²) in [6.07, 6.45) is 1.45. The van der Waals surface area contributed by atoms with Crippen LogP contribution >= 0.6 is 0 Å². The summed E-state index contributed by atoms with van der Waals surface area (Å²) in [5, 5.41) is 6.85. The Balaban J connectivity index is 1.50. The van der Waals surface area contributed by atoms with E-state index in [2.05, 4.69) is 10.2 Å². The van der Waals surface area contributed by atoms with E-state index in [1.165, 1.54) is 7.11 Å². The van der Waals surface area contributed by atoms with Gasteiger partial charge in [0.2, 0.25) is 0 Å². The first-order valence-electron chi connectivity index (χ1n) is 9.86. The summed E-state index contributed by atoms with van der Waals surface area (Å²) >= 11 is 0. The molecule has 0 aliphatic carbocycles. The van der Waals surface area contributed by atoms with Crippen LogP contribution in [0.1, 0.15) is 34.9 Å². The molecule has 30 heavy (non-hydrogen) atoms. The number of piperidine rings is 1. The molecular weight excluding hydrogens is 384 g/mol. The van der Waals surface area contributed by atoms with Crippen molar-refractivity contribution < 1.29 is 14.3 Å². The summed E-state index contributed by atoms with van der Waals surface area (Å²) in [6, 6.07) is 14.7. The fourth-order valence-electron chi connectivity index (χ4n) is 3.90. The lowest BCUT2D eigenvalue weighted by Gasteiger charge is -2.32. The normalized spacial score (nSPS) is 14.5. The summed E-state index contributed by atoms with van der Waals surface area (Å²) in [4.78, 5) is 27.2. The second-order valence-corrected chi connectivity index (χ2v) is 7.19. The molecule has 1 saturated heterocycles. The maximum Gasteiger partial charge on any atom is 0.347 e. The lowest BCUT2D eigenvalue weighted by atomic mass is 9.95. The number of H-pyrrole nitrogens is 1. The highest BCUT2D eigenvalue weighted by Gasteiger charge is 2.29. The van der Waals surface area contributed by atoms with Crippen molar-refractivity contribution in [2.75, 3.05) is 27.3 Å². The minimum atomic E-state index is -0.252. The number of hydrogen-bond donors (Lipinski definition) is 1. The average molecular weight is 408 g/mol. The van der Waals surface area contributed by atoms with Gasteiger partial charge in [0.25, 0.3) is 5.91 Å². The van der Waals surface area contributed by atoms with E-state index in [1.54, 1.807) is 29.9 Å². The van der Waals surface area contributed by atoms with E-state index >= 15 is 0 Å². The zero-order chi connectivity index (χ0) is 21.1. The first kappa shape index (κ1) is 19.8. The third-order valence-electron chi connectivity index (χ3n) is 5.50. The third-order valence-corrected chi connectivity index (χ3v) is 5.50. The lowest BCUT2D eigenvalue weighted by molar-refractivity contribution is 0.0707. The van der Waals surface area contributed by atoms with Gasteiger partial charge in [-0.1, -0.05) is 18.2 Å². The molecule has 3 aromatic rings. The monoisotopic (exact) mass is 408 g/mol. The van der Waals surface area contributed by atoms with Gasteiger partial charge in [-0.3, -0.25) is 4.79 Å². The van der Waals surface area contributed by atoms with Gasteiger partial charge in [-0.15, -0.1) is 0 Å². The van der Waals surface area contributed by atoms with Crippen LogP contribution in [0.2, 0.25) is 0 Å². The molecule has 1 amide bonds. The van der Waals surface area contributed by atoms with E-state index in [1.807, 2.05) is 35.2 Å². The number of aromatic amines is 1. The number of aromatic nitrogens is 3. The van der Waals surface area contributed by atoms with Gasteiger partial charge in [-0.25, -0.2) is 14.5 Å². The maximum absolute atomic E-state index is 13.0. The molecule has 0 unspecified atom stereocenters. The first-order chi connectivity index (χ1) is 14.6. The van der Waals surface area contributed by atoms with E-state index in [0.717, 1.165) is 18.5 Å². The Morgan fingerprint density at radius 3 is 2.47 bits per heavy atom. The van der Waals surface area contributed by atoms with Crippen LogP contribution in [-0.4, -0.2) is 52.9 Å². The molecule has 1 fully saturated rings. The molecule has 8 heteroatoms. The lowest BCUT2D eigenvalue weighted by Crippen LogP contribution is -2.38. The molecule has 2 aromatic carbocycles. The van der Waals surface area contributed by atoms with E-state index in [0.29, 0.717) is 36.0 Å². The van der Waals surface area contributed by atoms with E-state index in [9.17, 15) is 9.59 Å². The third kappa shape index (κ3) is 3.68. The fourth-order valence-corrected chi connectivity index (χ4v) is 3.90. The number of para-hydroxylation sites is 1. The quantitative estimate of drug-likeness (QED) is 0.701. The summed E-state index contributed by atoms with van der Waals surface area (Å²) < 4.78 is 12.2. The van der Waals surface area contributed by atoms with Crippen molar-refractivity contribution in [2.45, 2.75) is 18.8 Å². The van der Waals surface area contributed by atoms with Crippen LogP contribution in [0.3, 0.4) is 0 Å². The summed E-state index contributed by atoms with van der Waals surface area (Å²) in [5.74, 6) is 1.85. The molecule has 1 aliphatic heterocycles. The number of benzene rings is 2. The highest BCUT2D eigenvalue weighted by atomic mass is 16.5. The largest absolute Gasteiger partial charge is 0.497 e. The molecule has 0 radical (unpaired) electrons. The fraction of sp³-hybridized carbons (Fsp3) is 0.318. The molecule has 4 rings (SSSR count). The van der Waals surface area contributed by atoms with Crippen molar-refractivity contribution in [1.29, 1.82) is 0 Å². The Morgan fingerprint density at radius 2 is 1.80 bits per heavy atom. The molecule has 2 heterocycles. The average Bonchev–Trinajstić information content (AvgIpc) is 3.20. The van der Waals surface area contributed by atoms with Crippen LogP contribution in [0.25, 0.3) is 5.69 Å². The second-order valence-electron chi connectivity index (χ2n) is 7.19. The van der Waals surface area contributed by atoms with Crippen LogP contribution in [-0.2, 0) is 0 Å². The van der Waals surface area contributed by atoms with Crippen LogP contribution in [0.15, 0.2) is 53.3 Å². The molecule has 0 bridgehead atoms. The molecule has 156 valence electrons. The smallest absolute Gasteiger partial charge is 0.347 e.